The van der Waals surface area contributed by atoms with Crippen molar-refractivity contribution in [1.82, 2.24) is 0 Å². The number of imide groups is 1. The first-order valence-corrected chi connectivity index (χ1v) is 10.1. The van der Waals surface area contributed by atoms with E-state index in [1.807, 2.05) is 64.1 Å². The second kappa shape index (κ2) is 7.84. The van der Waals surface area contributed by atoms with Gasteiger partial charge in [0, 0.05) is 5.69 Å². The van der Waals surface area contributed by atoms with E-state index in [9.17, 15) is 14.0 Å². The number of hydrogen-bond acceptors (Lipinski definition) is 3. The quantitative estimate of drug-likeness (QED) is 0.577. The highest BCUT2D eigenvalue weighted by Crippen LogP contribution is 2.35. The molecule has 0 bridgehead atoms. The molecule has 0 aromatic heterocycles. The lowest BCUT2D eigenvalue weighted by Crippen LogP contribution is -2.32. The fourth-order valence-electron chi connectivity index (χ4n) is 3.84. The standard InChI is InChI=1S/C26H23FN2O2/c1-15-10-16(2)12-22(11-15)29-25(30)23(19-9-8-17(3)18(4)13-19)24(26(29)31)28-21-7-5-6-20(27)14-21/h5-14,28H,1-4H3. The Morgan fingerprint density at radius 2 is 1.48 bits per heavy atom. The Labute approximate surface area is 181 Å². The molecule has 0 atom stereocenters. The maximum absolute atomic E-state index is 13.7. The monoisotopic (exact) mass is 414 g/mol. The van der Waals surface area contributed by atoms with Gasteiger partial charge in [0.15, 0.2) is 0 Å². The molecule has 3 aromatic carbocycles. The molecule has 4 rings (SSSR count). The second-order valence-corrected chi connectivity index (χ2v) is 7.98. The Morgan fingerprint density at radius 3 is 2.13 bits per heavy atom. The van der Waals surface area contributed by atoms with Gasteiger partial charge in [-0.2, -0.15) is 0 Å². The summed E-state index contributed by atoms with van der Waals surface area (Å²) in [6, 6.07) is 17.1. The van der Waals surface area contributed by atoms with Crippen molar-refractivity contribution in [2.75, 3.05) is 10.2 Å². The van der Waals surface area contributed by atoms with E-state index < -0.39 is 17.6 Å². The number of benzene rings is 3. The summed E-state index contributed by atoms with van der Waals surface area (Å²) in [7, 11) is 0. The summed E-state index contributed by atoms with van der Waals surface area (Å²) in [6.45, 7) is 7.79. The topological polar surface area (TPSA) is 49.4 Å². The summed E-state index contributed by atoms with van der Waals surface area (Å²) < 4.78 is 13.7. The molecule has 1 heterocycles. The third kappa shape index (κ3) is 3.87. The molecule has 31 heavy (non-hydrogen) atoms. The van der Waals surface area contributed by atoms with E-state index in [2.05, 4.69) is 5.32 Å². The number of carbonyl (C=O) groups is 2. The van der Waals surface area contributed by atoms with Crippen LogP contribution in [0.25, 0.3) is 5.57 Å². The van der Waals surface area contributed by atoms with Crippen LogP contribution < -0.4 is 10.2 Å². The number of amides is 2. The molecule has 3 aromatic rings. The minimum Gasteiger partial charge on any atom is -0.350 e. The molecule has 2 amide bonds. The van der Waals surface area contributed by atoms with Gasteiger partial charge in [0.05, 0.1) is 11.3 Å². The highest BCUT2D eigenvalue weighted by molar-refractivity contribution is 6.46. The molecular weight excluding hydrogens is 391 g/mol. The van der Waals surface area contributed by atoms with E-state index in [1.54, 1.807) is 12.1 Å². The van der Waals surface area contributed by atoms with Crippen LogP contribution in [0.2, 0.25) is 0 Å². The number of anilines is 2. The van der Waals surface area contributed by atoms with Gasteiger partial charge in [-0.1, -0.05) is 30.3 Å². The zero-order chi connectivity index (χ0) is 22.3. The molecule has 4 nitrogen and oxygen atoms in total. The summed E-state index contributed by atoms with van der Waals surface area (Å²) in [5.41, 5.74) is 5.99. The maximum Gasteiger partial charge on any atom is 0.282 e. The van der Waals surface area contributed by atoms with Gasteiger partial charge in [-0.3, -0.25) is 9.59 Å². The van der Waals surface area contributed by atoms with Crippen molar-refractivity contribution >= 4 is 28.8 Å². The molecule has 1 N–H and O–H groups in total. The average molecular weight is 414 g/mol. The van der Waals surface area contributed by atoms with Gasteiger partial charge in [-0.25, -0.2) is 9.29 Å². The third-order valence-electron chi connectivity index (χ3n) is 5.44. The van der Waals surface area contributed by atoms with E-state index >= 15 is 0 Å². The molecule has 1 aliphatic rings. The number of nitrogens with one attached hydrogen (secondary N) is 1. The molecule has 0 saturated carbocycles. The van der Waals surface area contributed by atoms with Crippen molar-refractivity contribution in [3.8, 4) is 0 Å². The van der Waals surface area contributed by atoms with Gasteiger partial charge >= 0.3 is 0 Å². The SMILES string of the molecule is Cc1cc(C)cc(N2C(=O)C(Nc3cccc(F)c3)=C(c3ccc(C)c(C)c3)C2=O)c1. The second-order valence-electron chi connectivity index (χ2n) is 7.98. The number of halogens is 1. The van der Waals surface area contributed by atoms with E-state index in [1.165, 1.54) is 17.0 Å². The Morgan fingerprint density at radius 1 is 0.774 bits per heavy atom. The van der Waals surface area contributed by atoms with E-state index in [0.29, 0.717) is 16.9 Å². The lowest BCUT2D eigenvalue weighted by molar-refractivity contribution is -0.120. The van der Waals surface area contributed by atoms with Crippen LogP contribution >= 0.6 is 0 Å². The summed E-state index contributed by atoms with van der Waals surface area (Å²) in [4.78, 5) is 28.2. The van der Waals surface area contributed by atoms with E-state index in [-0.39, 0.29) is 11.3 Å². The van der Waals surface area contributed by atoms with Crippen LogP contribution in [0.15, 0.2) is 66.4 Å². The van der Waals surface area contributed by atoms with Crippen molar-refractivity contribution in [2.24, 2.45) is 0 Å². The van der Waals surface area contributed by atoms with Gasteiger partial charge in [-0.15, -0.1) is 0 Å². The number of carbonyl (C=O) groups excluding carboxylic acids is 2. The number of nitrogens with zero attached hydrogens (tertiary/aromatic N) is 1. The van der Waals surface area contributed by atoms with Gasteiger partial charge in [0.25, 0.3) is 11.8 Å². The predicted octanol–water partition coefficient (Wildman–Crippen LogP) is 5.46. The van der Waals surface area contributed by atoms with Gasteiger partial charge in [0.1, 0.15) is 11.5 Å². The van der Waals surface area contributed by atoms with Crippen LogP contribution in [0.4, 0.5) is 15.8 Å². The maximum atomic E-state index is 13.7. The molecule has 0 radical (unpaired) electrons. The highest BCUT2D eigenvalue weighted by Gasteiger charge is 2.40. The van der Waals surface area contributed by atoms with Gasteiger partial charge < -0.3 is 5.32 Å². The number of rotatable bonds is 4. The predicted molar refractivity (Wildman–Crippen MR) is 121 cm³/mol. The van der Waals surface area contributed by atoms with Gasteiger partial charge in [-0.05, 0) is 85.8 Å². The summed E-state index contributed by atoms with van der Waals surface area (Å²) in [5.74, 6) is -1.30. The molecule has 156 valence electrons. The van der Waals surface area contributed by atoms with Crippen LogP contribution in [0.5, 0.6) is 0 Å². The molecule has 0 fully saturated rings. The Balaban J connectivity index is 1.87. The fourth-order valence-corrected chi connectivity index (χ4v) is 3.84. The zero-order valence-electron chi connectivity index (χ0n) is 17.9. The lowest BCUT2D eigenvalue weighted by atomic mass is 9.99. The largest absolute Gasteiger partial charge is 0.350 e. The van der Waals surface area contributed by atoms with Crippen LogP contribution in [0, 0.1) is 33.5 Å². The van der Waals surface area contributed by atoms with Crippen molar-refractivity contribution in [3.63, 3.8) is 0 Å². The van der Waals surface area contributed by atoms with Crippen molar-refractivity contribution in [2.45, 2.75) is 27.7 Å². The van der Waals surface area contributed by atoms with Crippen LogP contribution in [0.3, 0.4) is 0 Å². The molecule has 1 aliphatic heterocycles. The van der Waals surface area contributed by atoms with E-state index in [4.69, 9.17) is 0 Å². The van der Waals surface area contributed by atoms with Crippen LogP contribution in [0.1, 0.15) is 27.8 Å². The minimum absolute atomic E-state index is 0.137. The molecule has 0 unspecified atom stereocenters. The molecule has 0 aliphatic carbocycles. The first-order chi connectivity index (χ1) is 14.7. The smallest absolute Gasteiger partial charge is 0.282 e. The van der Waals surface area contributed by atoms with Gasteiger partial charge in [0.2, 0.25) is 0 Å². The fraction of sp³-hybridized carbons (Fsp3) is 0.154. The average Bonchev–Trinajstić information content (AvgIpc) is 2.93. The van der Waals surface area contributed by atoms with Crippen LogP contribution in [-0.4, -0.2) is 11.8 Å². The Bertz CT molecular complexity index is 1240. The number of aryl methyl sites for hydroxylation is 4. The van der Waals surface area contributed by atoms with Crippen molar-refractivity contribution in [1.29, 1.82) is 0 Å². The summed E-state index contributed by atoms with van der Waals surface area (Å²) in [5, 5.41) is 3.00. The first kappa shape index (κ1) is 20.5. The molecule has 0 spiro atoms. The first-order valence-electron chi connectivity index (χ1n) is 10.1. The lowest BCUT2D eigenvalue weighted by Gasteiger charge is -2.17. The number of hydrogen-bond donors (Lipinski definition) is 1. The Hall–Kier alpha value is -3.73. The highest BCUT2D eigenvalue weighted by atomic mass is 19.1. The molecular formula is C26H23FN2O2. The summed E-state index contributed by atoms with van der Waals surface area (Å²) in [6.07, 6.45) is 0. The summed E-state index contributed by atoms with van der Waals surface area (Å²) >= 11 is 0. The van der Waals surface area contributed by atoms with Crippen LogP contribution in [-0.2, 0) is 9.59 Å². The normalized spacial score (nSPS) is 13.9. The van der Waals surface area contributed by atoms with E-state index in [0.717, 1.165) is 22.3 Å². The third-order valence-corrected chi connectivity index (χ3v) is 5.44. The van der Waals surface area contributed by atoms with Crippen molar-refractivity contribution in [3.05, 3.63) is 100.0 Å². The molecule has 5 heteroatoms. The minimum atomic E-state index is -0.465. The zero-order valence-corrected chi connectivity index (χ0v) is 17.9. The molecule has 0 saturated heterocycles. The Kier molecular flexibility index (Phi) is 5.19. The van der Waals surface area contributed by atoms with Crippen molar-refractivity contribution < 1.29 is 14.0 Å².